The lowest BCUT2D eigenvalue weighted by atomic mass is 10.8. The van der Waals surface area contributed by atoms with Crippen LogP contribution >= 0.6 is 11.8 Å². The van der Waals surface area contributed by atoms with Crippen molar-refractivity contribution in [2.75, 3.05) is 6.61 Å². The molecule has 0 aromatic rings. The molecule has 0 amide bonds. The lowest BCUT2D eigenvalue weighted by Gasteiger charge is -1.82. The van der Waals surface area contributed by atoms with Gasteiger partial charge in [0.05, 0.1) is 0 Å². The molecule has 1 fully saturated rings. The van der Waals surface area contributed by atoms with Gasteiger partial charge in [-0.3, -0.25) is 0 Å². The van der Waals surface area contributed by atoms with E-state index in [0.29, 0.717) is 11.8 Å². The second kappa shape index (κ2) is 1.69. The Balaban J connectivity index is 2.40. The third-order valence-electron chi connectivity index (χ3n) is 0.556. The molecule has 0 saturated carbocycles. The SMILES string of the molecule is O=C1OCC(F)S1. The first-order valence-corrected chi connectivity index (χ1v) is 2.64. The second-order valence-electron chi connectivity index (χ2n) is 1.09. The number of hydrogen-bond donors (Lipinski definition) is 0. The summed E-state index contributed by atoms with van der Waals surface area (Å²) in [5, 5.41) is -0.507. The zero-order chi connectivity index (χ0) is 5.28. The quantitative estimate of drug-likeness (QED) is 0.451. The standard InChI is InChI=1S/C3H3FO2S/c4-2-1-6-3(5)7-2/h2H,1H2. The molecule has 0 bridgehead atoms. The van der Waals surface area contributed by atoms with Crippen molar-refractivity contribution in [3.63, 3.8) is 0 Å². The fourth-order valence-corrected chi connectivity index (χ4v) is 0.787. The minimum absolute atomic E-state index is 0.0799. The van der Waals surface area contributed by atoms with Crippen LogP contribution < -0.4 is 0 Å². The lowest BCUT2D eigenvalue weighted by molar-refractivity contribution is 0.171. The zero-order valence-electron chi connectivity index (χ0n) is 3.39. The van der Waals surface area contributed by atoms with Crippen LogP contribution in [0.5, 0.6) is 0 Å². The molecule has 0 aliphatic carbocycles. The average molecular weight is 122 g/mol. The molecule has 4 heteroatoms. The minimum atomic E-state index is -1.13. The van der Waals surface area contributed by atoms with Gasteiger partial charge in [-0.2, -0.15) is 0 Å². The highest BCUT2D eigenvalue weighted by atomic mass is 32.2. The van der Waals surface area contributed by atoms with Crippen LogP contribution in [0.1, 0.15) is 0 Å². The van der Waals surface area contributed by atoms with E-state index < -0.39 is 10.8 Å². The maximum Gasteiger partial charge on any atom is 0.370 e. The lowest BCUT2D eigenvalue weighted by Crippen LogP contribution is -1.91. The van der Waals surface area contributed by atoms with Gasteiger partial charge in [0.25, 0.3) is 0 Å². The molecule has 0 N–H and O–H groups in total. The number of cyclic esters (lactones) is 1. The normalized spacial score (nSPS) is 30.4. The Labute approximate surface area is 44.0 Å². The first-order chi connectivity index (χ1) is 3.29. The van der Waals surface area contributed by atoms with Crippen LogP contribution in [0.4, 0.5) is 9.18 Å². The van der Waals surface area contributed by atoms with Crippen LogP contribution in [-0.2, 0) is 4.74 Å². The summed E-state index contributed by atoms with van der Waals surface area (Å²) in [6.07, 6.45) is 0. The molecule has 0 spiro atoms. The third-order valence-corrected chi connectivity index (χ3v) is 1.26. The topological polar surface area (TPSA) is 26.3 Å². The summed E-state index contributed by atoms with van der Waals surface area (Å²) in [6, 6.07) is 0. The molecule has 1 heterocycles. The molecule has 40 valence electrons. The summed E-state index contributed by atoms with van der Waals surface area (Å²) < 4.78 is 16.0. The van der Waals surface area contributed by atoms with Gasteiger partial charge in [0, 0.05) is 0 Å². The smallest absolute Gasteiger partial charge is 0.370 e. The number of alkyl halides is 1. The van der Waals surface area contributed by atoms with Crippen LogP contribution in [-0.4, -0.2) is 17.4 Å². The van der Waals surface area contributed by atoms with Crippen molar-refractivity contribution in [2.45, 2.75) is 5.50 Å². The van der Waals surface area contributed by atoms with E-state index in [2.05, 4.69) is 4.74 Å². The van der Waals surface area contributed by atoms with Gasteiger partial charge in [0.15, 0.2) is 5.50 Å². The van der Waals surface area contributed by atoms with E-state index in [1.165, 1.54) is 0 Å². The van der Waals surface area contributed by atoms with Crippen molar-refractivity contribution in [3.8, 4) is 0 Å². The Morgan fingerprint density at radius 1 is 2.00 bits per heavy atom. The van der Waals surface area contributed by atoms with E-state index in [0.717, 1.165) is 0 Å². The van der Waals surface area contributed by atoms with Crippen LogP contribution in [0, 0.1) is 0 Å². The Hall–Kier alpha value is -0.250. The van der Waals surface area contributed by atoms with Crippen LogP contribution in [0.15, 0.2) is 0 Å². The van der Waals surface area contributed by atoms with Crippen molar-refractivity contribution in [2.24, 2.45) is 0 Å². The number of carbonyl (C=O) groups is 1. The molecule has 1 unspecified atom stereocenters. The van der Waals surface area contributed by atoms with E-state index >= 15 is 0 Å². The highest BCUT2D eigenvalue weighted by Crippen LogP contribution is 2.22. The summed E-state index contributed by atoms with van der Waals surface area (Å²) in [7, 11) is 0. The second-order valence-corrected chi connectivity index (χ2v) is 2.17. The fraction of sp³-hybridized carbons (Fsp3) is 0.667. The number of thioether (sulfide) groups is 1. The van der Waals surface area contributed by atoms with Gasteiger partial charge >= 0.3 is 5.30 Å². The van der Waals surface area contributed by atoms with E-state index in [-0.39, 0.29) is 6.61 Å². The average Bonchev–Trinajstić information content (AvgIpc) is 1.87. The molecule has 0 aromatic heterocycles. The molecular weight excluding hydrogens is 119 g/mol. The largest absolute Gasteiger partial charge is 0.453 e. The van der Waals surface area contributed by atoms with Crippen LogP contribution in [0.2, 0.25) is 0 Å². The Kier molecular flexibility index (Phi) is 1.19. The molecule has 1 aliphatic heterocycles. The number of halogens is 1. The molecule has 1 atom stereocenters. The summed E-state index contributed by atoms with van der Waals surface area (Å²) >= 11 is 0.593. The van der Waals surface area contributed by atoms with Gasteiger partial charge in [0.1, 0.15) is 6.61 Å². The zero-order valence-corrected chi connectivity index (χ0v) is 4.20. The number of hydrogen-bond acceptors (Lipinski definition) is 3. The Morgan fingerprint density at radius 3 is 2.86 bits per heavy atom. The number of carbonyl (C=O) groups excluding carboxylic acids is 1. The van der Waals surface area contributed by atoms with Gasteiger partial charge in [-0.1, -0.05) is 0 Å². The summed E-state index contributed by atoms with van der Waals surface area (Å²) in [5.41, 5.74) is -1.13. The monoisotopic (exact) mass is 122 g/mol. The number of ether oxygens (including phenoxy) is 1. The first kappa shape index (κ1) is 4.90. The highest BCUT2D eigenvalue weighted by Gasteiger charge is 2.23. The van der Waals surface area contributed by atoms with Crippen molar-refractivity contribution in [3.05, 3.63) is 0 Å². The van der Waals surface area contributed by atoms with Crippen molar-refractivity contribution >= 4 is 17.1 Å². The van der Waals surface area contributed by atoms with Gasteiger partial charge < -0.3 is 4.74 Å². The molecule has 0 aromatic carbocycles. The van der Waals surface area contributed by atoms with E-state index in [9.17, 15) is 9.18 Å². The molecule has 2 nitrogen and oxygen atoms in total. The van der Waals surface area contributed by atoms with Crippen molar-refractivity contribution in [1.29, 1.82) is 0 Å². The fourth-order valence-electron chi connectivity index (χ4n) is 0.306. The van der Waals surface area contributed by atoms with Crippen LogP contribution in [0.25, 0.3) is 0 Å². The molecule has 1 saturated heterocycles. The molecule has 1 rings (SSSR count). The minimum Gasteiger partial charge on any atom is -0.453 e. The Morgan fingerprint density at radius 2 is 2.71 bits per heavy atom. The molecule has 1 aliphatic rings. The summed E-state index contributed by atoms with van der Waals surface area (Å²) in [4.78, 5) is 9.95. The maximum atomic E-state index is 11.8. The van der Waals surface area contributed by atoms with Gasteiger partial charge in [-0.25, -0.2) is 9.18 Å². The summed E-state index contributed by atoms with van der Waals surface area (Å²) in [5.74, 6) is 0. The van der Waals surface area contributed by atoms with Crippen molar-refractivity contribution in [1.82, 2.24) is 0 Å². The maximum absolute atomic E-state index is 11.8. The van der Waals surface area contributed by atoms with Crippen LogP contribution in [0.3, 0.4) is 0 Å². The van der Waals surface area contributed by atoms with E-state index in [1.54, 1.807) is 0 Å². The van der Waals surface area contributed by atoms with E-state index in [4.69, 9.17) is 0 Å². The Bertz CT molecular complexity index is 94.9. The van der Waals surface area contributed by atoms with Gasteiger partial charge in [-0.05, 0) is 11.8 Å². The molecule has 0 radical (unpaired) electrons. The number of rotatable bonds is 0. The summed E-state index contributed by atoms with van der Waals surface area (Å²) in [6.45, 7) is -0.0799. The predicted molar refractivity (Wildman–Crippen MR) is 23.8 cm³/mol. The molecule has 7 heavy (non-hydrogen) atoms. The highest BCUT2D eigenvalue weighted by molar-refractivity contribution is 8.14. The first-order valence-electron chi connectivity index (χ1n) is 1.76. The van der Waals surface area contributed by atoms with Crippen molar-refractivity contribution < 1.29 is 13.9 Å². The molecular formula is C3H3FO2S. The third kappa shape index (κ3) is 1.06. The van der Waals surface area contributed by atoms with E-state index in [1.807, 2.05) is 0 Å². The van der Waals surface area contributed by atoms with Gasteiger partial charge in [0.2, 0.25) is 0 Å². The predicted octanol–water partition coefficient (Wildman–Crippen LogP) is 1.17. The van der Waals surface area contributed by atoms with Gasteiger partial charge in [-0.15, -0.1) is 0 Å².